The van der Waals surface area contributed by atoms with Crippen LogP contribution in [0, 0.1) is 6.92 Å². The Bertz CT molecular complexity index is 533. The topological polar surface area (TPSA) is 38.0 Å². The minimum Gasteiger partial charge on any atom is -0.399 e. The Morgan fingerprint density at radius 3 is 2.56 bits per heavy atom. The Morgan fingerprint density at radius 1 is 1.28 bits per heavy atom. The van der Waals surface area contributed by atoms with Crippen molar-refractivity contribution in [3.05, 3.63) is 51.7 Å². The number of likely N-dealkylation sites (N-methyl/N-ethyl adjacent to an activating group) is 1. The first-order valence-corrected chi connectivity index (χ1v) is 7.01. The smallest absolute Gasteiger partial charge is 0.0541 e. The van der Waals surface area contributed by atoms with Gasteiger partial charge in [0.15, 0.2) is 0 Å². The lowest BCUT2D eigenvalue weighted by Crippen LogP contribution is -2.39. The first-order valence-electron chi connectivity index (χ1n) is 6.13. The van der Waals surface area contributed by atoms with E-state index in [9.17, 15) is 0 Å². The number of nitrogen functional groups attached to an aromatic ring is 1. The molecule has 3 heteroatoms. The third-order valence-corrected chi connectivity index (χ3v) is 4.79. The zero-order chi connectivity index (χ0) is 13.2. The van der Waals surface area contributed by atoms with E-state index in [2.05, 4.69) is 36.7 Å². The molecule has 18 heavy (non-hydrogen) atoms. The highest BCUT2D eigenvalue weighted by atomic mass is 32.1. The van der Waals surface area contributed by atoms with Crippen LogP contribution in [-0.2, 0) is 12.0 Å². The minimum atomic E-state index is -0.0618. The SMILES string of the molecule is CNC(C)(Cc1ccccc1N)c1sccc1C. The van der Waals surface area contributed by atoms with E-state index >= 15 is 0 Å². The van der Waals surface area contributed by atoms with Gasteiger partial charge in [-0.3, -0.25) is 0 Å². The summed E-state index contributed by atoms with van der Waals surface area (Å²) in [7, 11) is 2.01. The molecule has 1 unspecified atom stereocenters. The molecular formula is C15H20N2S. The quantitative estimate of drug-likeness (QED) is 0.828. The van der Waals surface area contributed by atoms with E-state index < -0.39 is 0 Å². The number of hydrogen-bond donors (Lipinski definition) is 2. The Kier molecular flexibility index (Phi) is 3.73. The van der Waals surface area contributed by atoms with Crippen molar-refractivity contribution in [2.24, 2.45) is 0 Å². The molecule has 0 amide bonds. The maximum atomic E-state index is 6.05. The molecule has 2 rings (SSSR count). The van der Waals surface area contributed by atoms with Crippen molar-refractivity contribution in [1.29, 1.82) is 0 Å². The Balaban J connectivity index is 2.35. The number of aryl methyl sites for hydroxylation is 1. The number of nitrogens with two attached hydrogens (primary N) is 1. The van der Waals surface area contributed by atoms with Crippen LogP contribution in [0.25, 0.3) is 0 Å². The molecule has 0 aliphatic carbocycles. The Labute approximate surface area is 113 Å². The predicted octanol–water partition coefficient (Wildman–Crippen LogP) is 3.32. The van der Waals surface area contributed by atoms with E-state index in [1.807, 2.05) is 25.2 Å². The summed E-state index contributed by atoms with van der Waals surface area (Å²) in [6.07, 6.45) is 0.900. The molecule has 0 radical (unpaired) electrons. The van der Waals surface area contributed by atoms with Crippen LogP contribution < -0.4 is 11.1 Å². The standard InChI is InChI=1S/C15H20N2S/c1-11-8-9-18-14(11)15(2,17-3)10-12-6-4-5-7-13(12)16/h4-9,17H,10,16H2,1-3H3. The number of thiophene rings is 1. The van der Waals surface area contributed by atoms with Crippen LogP contribution in [0.1, 0.15) is 22.9 Å². The molecule has 0 bridgehead atoms. The van der Waals surface area contributed by atoms with Gasteiger partial charge in [0.25, 0.3) is 0 Å². The number of hydrogen-bond acceptors (Lipinski definition) is 3. The molecule has 3 N–H and O–H groups in total. The zero-order valence-corrected chi connectivity index (χ0v) is 12.0. The molecule has 1 aromatic heterocycles. The monoisotopic (exact) mass is 260 g/mol. The molecular weight excluding hydrogens is 240 g/mol. The zero-order valence-electron chi connectivity index (χ0n) is 11.2. The van der Waals surface area contributed by atoms with Gasteiger partial charge in [-0.05, 0) is 56.0 Å². The Hall–Kier alpha value is -1.32. The second kappa shape index (κ2) is 5.12. The number of nitrogens with one attached hydrogen (secondary N) is 1. The summed E-state index contributed by atoms with van der Waals surface area (Å²) in [5, 5.41) is 5.60. The van der Waals surface area contributed by atoms with Crippen molar-refractivity contribution in [2.75, 3.05) is 12.8 Å². The molecule has 0 saturated carbocycles. The summed E-state index contributed by atoms with van der Waals surface area (Å²) in [5.74, 6) is 0. The number of benzene rings is 1. The van der Waals surface area contributed by atoms with Gasteiger partial charge in [-0.15, -0.1) is 11.3 Å². The third kappa shape index (κ3) is 2.42. The highest BCUT2D eigenvalue weighted by Crippen LogP contribution is 2.33. The first-order chi connectivity index (χ1) is 8.57. The van der Waals surface area contributed by atoms with Crippen molar-refractivity contribution >= 4 is 17.0 Å². The molecule has 96 valence electrons. The lowest BCUT2D eigenvalue weighted by molar-refractivity contribution is 0.404. The van der Waals surface area contributed by atoms with Crippen molar-refractivity contribution in [3.63, 3.8) is 0 Å². The number of para-hydroxylation sites is 1. The second-order valence-corrected chi connectivity index (χ2v) is 5.81. The van der Waals surface area contributed by atoms with E-state index in [0.29, 0.717) is 0 Å². The normalized spacial score (nSPS) is 14.4. The number of rotatable bonds is 4. The van der Waals surface area contributed by atoms with Gasteiger partial charge < -0.3 is 11.1 Å². The van der Waals surface area contributed by atoms with Crippen LogP contribution in [0.15, 0.2) is 35.7 Å². The van der Waals surface area contributed by atoms with Gasteiger partial charge in [0.05, 0.1) is 5.54 Å². The molecule has 0 saturated heterocycles. The van der Waals surface area contributed by atoms with E-state index in [1.54, 1.807) is 11.3 Å². The Morgan fingerprint density at radius 2 is 2.00 bits per heavy atom. The maximum absolute atomic E-state index is 6.05. The summed E-state index contributed by atoms with van der Waals surface area (Å²) in [6, 6.07) is 10.3. The van der Waals surface area contributed by atoms with Gasteiger partial charge in [-0.2, -0.15) is 0 Å². The maximum Gasteiger partial charge on any atom is 0.0541 e. The molecule has 0 fully saturated rings. The van der Waals surface area contributed by atoms with Crippen molar-refractivity contribution < 1.29 is 0 Å². The summed E-state index contributed by atoms with van der Waals surface area (Å²) < 4.78 is 0. The number of anilines is 1. The fourth-order valence-corrected chi connectivity index (χ4v) is 3.39. The molecule has 1 atom stereocenters. The molecule has 1 heterocycles. The highest BCUT2D eigenvalue weighted by Gasteiger charge is 2.28. The van der Waals surface area contributed by atoms with E-state index in [4.69, 9.17) is 5.73 Å². The average molecular weight is 260 g/mol. The summed E-state index contributed by atoms with van der Waals surface area (Å²) in [4.78, 5) is 1.38. The predicted molar refractivity (Wildman–Crippen MR) is 80.0 cm³/mol. The van der Waals surface area contributed by atoms with Crippen LogP contribution in [0.3, 0.4) is 0 Å². The van der Waals surface area contributed by atoms with Gasteiger partial charge in [0.1, 0.15) is 0 Å². The van der Waals surface area contributed by atoms with Crippen molar-refractivity contribution in [1.82, 2.24) is 5.32 Å². The van der Waals surface area contributed by atoms with E-state index in [0.717, 1.165) is 12.1 Å². The summed E-state index contributed by atoms with van der Waals surface area (Å²) in [6.45, 7) is 4.40. The van der Waals surface area contributed by atoms with Crippen LogP contribution >= 0.6 is 11.3 Å². The first kappa shape index (κ1) is 13.1. The minimum absolute atomic E-state index is 0.0618. The molecule has 0 aliphatic rings. The van der Waals surface area contributed by atoms with Crippen molar-refractivity contribution in [2.45, 2.75) is 25.8 Å². The average Bonchev–Trinajstić information content (AvgIpc) is 2.79. The van der Waals surface area contributed by atoms with E-state index in [-0.39, 0.29) is 5.54 Å². The lowest BCUT2D eigenvalue weighted by atomic mass is 9.89. The van der Waals surface area contributed by atoms with Crippen LogP contribution in [0.4, 0.5) is 5.69 Å². The fraction of sp³-hybridized carbons (Fsp3) is 0.333. The van der Waals surface area contributed by atoms with Crippen molar-refractivity contribution in [3.8, 4) is 0 Å². The molecule has 0 spiro atoms. The summed E-state index contributed by atoms with van der Waals surface area (Å²) in [5.41, 5.74) is 9.39. The lowest BCUT2D eigenvalue weighted by Gasteiger charge is -2.30. The van der Waals surface area contributed by atoms with Gasteiger partial charge in [0, 0.05) is 10.6 Å². The fourth-order valence-electron chi connectivity index (χ4n) is 2.30. The van der Waals surface area contributed by atoms with E-state index in [1.165, 1.54) is 16.0 Å². The van der Waals surface area contributed by atoms with Gasteiger partial charge >= 0.3 is 0 Å². The molecule has 0 aliphatic heterocycles. The van der Waals surface area contributed by atoms with Gasteiger partial charge in [-0.25, -0.2) is 0 Å². The van der Waals surface area contributed by atoms with Gasteiger partial charge in [0.2, 0.25) is 0 Å². The third-order valence-electron chi connectivity index (χ3n) is 3.51. The van der Waals surface area contributed by atoms with Crippen LogP contribution in [-0.4, -0.2) is 7.05 Å². The highest BCUT2D eigenvalue weighted by molar-refractivity contribution is 7.10. The largest absolute Gasteiger partial charge is 0.399 e. The second-order valence-electron chi connectivity index (χ2n) is 4.89. The van der Waals surface area contributed by atoms with Gasteiger partial charge in [-0.1, -0.05) is 18.2 Å². The molecule has 2 nitrogen and oxygen atoms in total. The molecule has 2 aromatic rings. The van der Waals surface area contributed by atoms with Crippen LogP contribution in [0.5, 0.6) is 0 Å². The van der Waals surface area contributed by atoms with Crippen LogP contribution in [0.2, 0.25) is 0 Å². The summed E-state index contributed by atoms with van der Waals surface area (Å²) >= 11 is 1.80. The molecule has 1 aromatic carbocycles.